The van der Waals surface area contributed by atoms with E-state index in [4.69, 9.17) is 0 Å². The average molecular weight is 301 g/mol. The fraction of sp³-hybridized carbons (Fsp3) is 0.692. The van der Waals surface area contributed by atoms with Crippen LogP contribution in [0.4, 0.5) is 0 Å². The quantitative estimate of drug-likeness (QED) is 0.488. The highest BCUT2D eigenvalue weighted by atomic mass is 16.5. The van der Waals surface area contributed by atoms with Crippen LogP contribution in [-0.4, -0.2) is 62.1 Å². The molecule has 1 saturated heterocycles. The lowest BCUT2D eigenvalue weighted by Gasteiger charge is -2.30. The molecule has 8 heteroatoms. The smallest absolute Gasteiger partial charge is 0.328 e. The second kappa shape index (κ2) is 7.61. The summed E-state index contributed by atoms with van der Waals surface area (Å²) in [6.45, 7) is 0. The molecular weight excluding hydrogens is 282 g/mol. The van der Waals surface area contributed by atoms with Crippen molar-refractivity contribution in [1.29, 1.82) is 0 Å². The summed E-state index contributed by atoms with van der Waals surface area (Å²) in [5.74, 6) is -2.02. The third kappa shape index (κ3) is 4.17. The van der Waals surface area contributed by atoms with Crippen LogP contribution in [0.5, 0.6) is 0 Å². The molecule has 1 amide bonds. The summed E-state index contributed by atoms with van der Waals surface area (Å²) in [7, 11) is 3.64. The number of rotatable bonds is 6. The molecule has 1 aliphatic heterocycles. The molecule has 1 heterocycles. The Morgan fingerprint density at radius 3 is 2.05 bits per heavy atom. The largest absolute Gasteiger partial charge is 0.469 e. The van der Waals surface area contributed by atoms with Crippen molar-refractivity contribution in [3.05, 3.63) is 0 Å². The van der Waals surface area contributed by atoms with Crippen molar-refractivity contribution in [1.82, 2.24) is 4.90 Å². The van der Waals surface area contributed by atoms with E-state index in [0.29, 0.717) is 6.42 Å². The van der Waals surface area contributed by atoms with E-state index in [1.807, 2.05) is 0 Å². The van der Waals surface area contributed by atoms with Crippen LogP contribution in [-0.2, 0) is 33.4 Å². The van der Waals surface area contributed by atoms with Crippen LogP contribution >= 0.6 is 0 Å². The van der Waals surface area contributed by atoms with Gasteiger partial charge in [-0.25, -0.2) is 4.79 Å². The summed E-state index contributed by atoms with van der Waals surface area (Å²) >= 11 is 0. The predicted molar refractivity (Wildman–Crippen MR) is 68.9 cm³/mol. The van der Waals surface area contributed by atoms with E-state index in [1.165, 1.54) is 26.2 Å². The van der Waals surface area contributed by atoms with Crippen LogP contribution in [0.15, 0.2) is 0 Å². The third-order valence-corrected chi connectivity index (χ3v) is 3.38. The van der Waals surface area contributed by atoms with Crippen molar-refractivity contribution >= 4 is 23.8 Å². The van der Waals surface area contributed by atoms with E-state index in [1.54, 1.807) is 0 Å². The Balaban J connectivity index is 2.97. The van der Waals surface area contributed by atoms with Crippen molar-refractivity contribution < 1.29 is 33.4 Å². The number of carbonyl (C=O) groups excluding carboxylic acids is 4. The summed E-state index contributed by atoms with van der Waals surface area (Å²) in [5.41, 5.74) is 0. The Kier molecular flexibility index (Phi) is 6.13. The fourth-order valence-corrected chi connectivity index (χ4v) is 2.35. The molecule has 0 aromatic rings. The monoisotopic (exact) mass is 301 g/mol. The standard InChI is InChI=1S/C13H19NO7/c1-19-11(16)6-8(7-12(17)20-2)14-9(13(18)21-3)4-5-10(14)15/h8-9H,4-7H2,1-3H3. The molecule has 1 fully saturated rings. The molecule has 1 rings (SSSR count). The summed E-state index contributed by atoms with van der Waals surface area (Å²) in [6.07, 6.45) is 0.0820. The minimum absolute atomic E-state index is 0.165. The maximum atomic E-state index is 12.0. The van der Waals surface area contributed by atoms with E-state index in [0.717, 1.165) is 0 Å². The summed E-state index contributed by atoms with van der Waals surface area (Å²) < 4.78 is 13.8. The first-order valence-corrected chi connectivity index (χ1v) is 6.47. The zero-order chi connectivity index (χ0) is 16.0. The summed E-state index contributed by atoms with van der Waals surface area (Å²) in [6, 6.07) is -1.58. The van der Waals surface area contributed by atoms with Gasteiger partial charge in [0.15, 0.2) is 0 Å². The topological polar surface area (TPSA) is 99.2 Å². The van der Waals surface area contributed by atoms with Crippen molar-refractivity contribution in [3.8, 4) is 0 Å². The maximum absolute atomic E-state index is 12.0. The van der Waals surface area contributed by atoms with Gasteiger partial charge in [0.05, 0.1) is 40.2 Å². The van der Waals surface area contributed by atoms with Gasteiger partial charge < -0.3 is 19.1 Å². The number of likely N-dealkylation sites (tertiary alicyclic amines) is 1. The highest BCUT2D eigenvalue weighted by Crippen LogP contribution is 2.26. The molecule has 0 saturated carbocycles. The highest BCUT2D eigenvalue weighted by molar-refractivity contribution is 5.89. The molecule has 1 aliphatic rings. The number of ether oxygens (including phenoxy) is 3. The third-order valence-electron chi connectivity index (χ3n) is 3.38. The lowest BCUT2D eigenvalue weighted by atomic mass is 10.1. The predicted octanol–water partition coefficient (Wildman–Crippen LogP) is -0.355. The first kappa shape index (κ1) is 16.9. The lowest BCUT2D eigenvalue weighted by Crippen LogP contribution is -2.47. The minimum atomic E-state index is -0.790. The van der Waals surface area contributed by atoms with Crippen LogP contribution in [0, 0.1) is 0 Å². The van der Waals surface area contributed by atoms with Crippen LogP contribution in [0.2, 0.25) is 0 Å². The Morgan fingerprint density at radius 2 is 1.62 bits per heavy atom. The number of nitrogens with zero attached hydrogens (tertiary/aromatic N) is 1. The van der Waals surface area contributed by atoms with Gasteiger partial charge in [-0.1, -0.05) is 0 Å². The Bertz CT molecular complexity index is 416. The molecule has 0 bridgehead atoms. The van der Waals surface area contributed by atoms with E-state index >= 15 is 0 Å². The zero-order valence-corrected chi connectivity index (χ0v) is 12.3. The van der Waals surface area contributed by atoms with E-state index in [2.05, 4.69) is 14.2 Å². The zero-order valence-electron chi connectivity index (χ0n) is 12.3. The molecule has 8 nitrogen and oxygen atoms in total. The number of methoxy groups -OCH3 is 3. The second-order valence-electron chi connectivity index (χ2n) is 4.59. The van der Waals surface area contributed by atoms with E-state index < -0.39 is 30.0 Å². The van der Waals surface area contributed by atoms with Crippen molar-refractivity contribution in [2.24, 2.45) is 0 Å². The first-order chi connectivity index (χ1) is 9.94. The second-order valence-corrected chi connectivity index (χ2v) is 4.59. The van der Waals surface area contributed by atoms with Crippen molar-refractivity contribution in [2.45, 2.75) is 37.8 Å². The van der Waals surface area contributed by atoms with Crippen LogP contribution in [0.25, 0.3) is 0 Å². The van der Waals surface area contributed by atoms with E-state index in [9.17, 15) is 19.2 Å². The average Bonchev–Trinajstić information content (AvgIpc) is 2.86. The van der Waals surface area contributed by atoms with E-state index in [-0.39, 0.29) is 25.2 Å². The molecule has 1 atom stereocenters. The Morgan fingerprint density at radius 1 is 1.10 bits per heavy atom. The molecular formula is C13H19NO7. The van der Waals surface area contributed by atoms with Crippen molar-refractivity contribution in [2.75, 3.05) is 21.3 Å². The normalized spacial score (nSPS) is 17.8. The molecule has 0 aromatic heterocycles. The molecule has 0 radical (unpaired) electrons. The van der Waals surface area contributed by atoms with Gasteiger partial charge in [0.1, 0.15) is 6.04 Å². The minimum Gasteiger partial charge on any atom is -0.469 e. The lowest BCUT2D eigenvalue weighted by molar-refractivity contribution is -0.155. The molecule has 118 valence electrons. The molecule has 0 N–H and O–H groups in total. The first-order valence-electron chi connectivity index (χ1n) is 6.47. The molecule has 0 aromatic carbocycles. The van der Waals surface area contributed by atoms with Gasteiger partial charge in [-0.15, -0.1) is 0 Å². The van der Waals surface area contributed by atoms with Gasteiger partial charge in [0.2, 0.25) is 5.91 Å². The Labute approximate surface area is 122 Å². The molecule has 0 spiro atoms. The number of hydrogen-bond acceptors (Lipinski definition) is 7. The van der Waals surface area contributed by atoms with Gasteiger partial charge in [-0.2, -0.15) is 0 Å². The Hall–Kier alpha value is -2.12. The van der Waals surface area contributed by atoms with Gasteiger partial charge in [0, 0.05) is 6.42 Å². The van der Waals surface area contributed by atoms with Crippen LogP contribution in [0.3, 0.4) is 0 Å². The number of carbonyl (C=O) groups is 4. The number of hydrogen-bond donors (Lipinski definition) is 0. The van der Waals surface area contributed by atoms with Gasteiger partial charge in [-0.05, 0) is 6.42 Å². The van der Waals surface area contributed by atoms with Gasteiger partial charge in [0.25, 0.3) is 0 Å². The van der Waals surface area contributed by atoms with Gasteiger partial charge in [-0.3, -0.25) is 14.4 Å². The highest BCUT2D eigenvalue weighted by Gasteiger charge is 2.42. The van der Waals surface area contributed by atoms with Gasteiger partial charge >= 0.3 is 17.9 Å². The molecule has 0 aliphatic carbocycles. The molecule has 21 heavy (non-hydrogen) atoms. The summed E-state index contributed by atoms with van der Waals surface area (Å²) in [4.78, 5) is 47.9. The fourth-order valence-electron chi connectivity index (χ4n) is 2.35. The molecule has 1 unspecified atom stereocenters. The summed E-state index contributed by atoms with van der Waals surface area (Å²) in [5, 5.41) is 0. The van der Waals surface area contributed by atoms with Crippen LogP contribution in [0.1, 0.15) is 25.7 Å². The van der Waals surface area contributed by atoms with Crippen LogP contribution < -0.4 is 0 Å². The maximum Gasteiger partial charge on any atom is 0.328 e. The van der Waals surface area contributed by atoms with Crippen molar-refractivity contribution in [3.63, 3.8) is 0 Å². The SMILES string of the molecule is COC(=O)CC(CC(=O)OC)N1C(=O)CCC1C(=O)OC. The number of amides is 1. The number of esters is 3.